The van der Waals surface area contributed by atoms with Gasteiger partial charge in [-0.05, 0) is 73.1 Å². The molecule has 1 fully saturated rings. The summed E-state index contributed by atoms with van der Waals surface area (Å²) in [5, 5.41) is 3.33. The molecule has 3 nitrogen and oxygen atoms in total. The first-order chi connectivity index (χ1) is 8.61. The highest BCUT2D eigenvalue weighted by atomic mass is 127. The second kappa shape index (κ2) is 6.02. The smallest absolute Gasteiger partial charge is 0.254 e. The molecule has 0 aliphatic carbocycles. The van der Waals surface area contributed by atoms with Crippen LogP contribution in [0.25, 0.3) is 0 Å². The van der Waals surface area contributed by atoms with Crippen LogP contribution in [0.3, 0.4) is 0 Å². The molecule has 1 aromatic rings. The van der Waals surface area contributed by atoms with Crippen LogP contribution in [0.4, 0.5) is 0 Å². The Morgan fingerprint density at radius 2 is 2.06 bits per heavy atom. The molecule has 4 heteroatoms. The molecule has 1 N–H and O–H groups in total. The molecule has 0 bridgehead atoms. The van der Waals surface area contributed by atoms with E-state index in [1.54, 1.807) is 0 Å². The molecule has 1 aliphatic rings. The Morgan fingerprint density at radius 3 is 2.72 bits per heavy atom. The topological polar surface area (TPSA) is 32.3 Å². The molecule has 0 aromatic heterocycles. The minimum absolute atomic E-state index is 0.151. The minimum Gasteiger partial charge on any atom is -0.339 e. The van der Waals surface area contributed by atoms with Crippen molar-refractivity contribution in [3.05, 3.63) is 32.9 Å². The predicted octanol–water partition coefficient (Wildman–Crippen LogP) is 2.42. The van der Waals surface area contributed by atoms with Gasteiger partial charge in [-0.2, -0.15) is 0 Å². The van der Waals surface area contributed by atoms with Crippen LogP contribution < -0.4 is 5.32 Å². The van der Waals surface area contributed by atoms with Gasteiger partial charge < -0.3 is 10.2 Å². The number of nitrogens with one attached hydrogen (secondary N) is 1. The predicted molar refractivity (Wildman–Crippen MR) is 81.9 cm³/mol. The van der Waals surface area contributed by atoms with Crippen LogP contribution in [0.5, 0.6) is 0 Å². The van der Waals surface area contributed by atoms with Crippen LogP contribution in [0, 0.1) is 10.5 Å². The lowest BCUT2D eigenvalue weighted by Crippen LogP contribution is -2.44. The molecule has 1 saturated heterocycles. The Kier molecular flexibility index (Phi) is 4.61. The molecular weight excluding hydrogens is 339 g/mol. The Hall–Kier alpha value is -0.620. The molecular formula is C14H19IN2O. The molecule has 0 radical (unpaired) electrons. The average molecular weight is 358 g/mol. The Labute approximate surface area is 122 Å². The van der Waals surface area contributed by atoms with Gasteiger partial charge in [0.2, 0.25) is 0 Å². The van der Waals surface area contributed by atoms with E-state index in [0.29, 0.717) is 6.04 Å². The lowest BCUT2D eigenvalue weighted by atomic mass is 10.0. The number of carbonyl (C=O) groups excluding carboxylic acids is 1. The van der Waals surface area contributed by atoms with Crippen molar-refractivity contribution in [2.45, 2.75) is 25.8 Å². The van der Waals surface area contributed by atoms with Gasteiger partial charge in [0.15, 0.2) is 0 Å². The van der Waals surface area contributed by atoms with Crippen molar-refractivity contribution in [3.63, 3.8) is 0 Å². The van der Waals surface area contributed by atoms with Crippen molar-refractivity contribution >= 4 is 28.5 Å². The van der Waals surface area contributed by atoms with Gasteiger partial charge in [-0.25, -0.2) is 0 Å². The molecule has 1 heterocycles. The van der Waals surface area contributed by atoms with Crippen LogP contribution >= 0.6 is 22.6 Å². The maximum absolute atomic E-state index is 12.5. The molecule has 0 unspecified atom stereocenters. The number of hydrogen-bond donors (Lipinski definition) is 1. The Balaban J connectivity index is 2.17. The van der Waals surface area contributed by atoms with E-state index in [1.165, 1.54) is 0 Å². The minimum atomic E-state index is 0.151. The molecule has 0 atom stereocenters. The average Bonchev–Trinajstić information content (AvgIpc) is 2.41. The van der Waals surface area contributed by atoms with E-state index in [-0.39, 0.29) is 5.91 Å². The summed E-state index contributed by atoms with van der Waals surface area (Å²) in [5.74, 6) is 0.151. The van der Waals surface area contributed by atoms with Crippen LogP contribution in [0.2, 0.25) is 0 Å². The third-order valence-corrected chi connectivity index (χ3v) is 4.84. The summed E-state index contributed by atoms with van der Waals surface area (Å²) >= 11 is 2.28. The summed E-state index contributed by atoms with van der Waals surface area (Å²) in [5.41, 5.74) is 1.92. The van der Waals surface area contributed by atoms with Crippen molar-refractivity contribution in [1.29, 1.82) is 0 Å². The van der Waals surface area contributed by atoms with Crippen LogP contribution in [0.1, 0.15) is 28.8 Å². The Bertz CT molecular complexity index is 441. The Morgan fingerprint density at radius 1 is 1.39 bits per heavy atom. The van der Waals surface area contributed by atoms with E-state index in [2.05, 4.69) is 27.9 Å². The summed E-state index contributed by atoms with van der Waals surface area (Å²) < 4.78 is 1.15. The zero-order valence-electron chi connectivity index (χ0n) is 10.9. The zero-order chi connectivity index (χ0) is 13.1. The first-order valence-electron chi connectivity index (χ1n) is 6.34. The zero-order valence-corrected chi connectivity index (χ0v) is 13.0. The summed E-state index contributed by atoms with van der Waals surface area (Å²) in [6.45, 7) is 4.03. The molecule has 98 valence electrons. The molecule has 0 saturated carbocycles. The van der Waals surface area contributed by atoms with Crippen LogP contribution in [-0.2, 0) is 0 Å². The normalized spacial score (nSPS) is 16.6. The summed E-state index contributed by atoms with van der Waals surface area (Å²) in [4.78, 5) is 14.4. The quantitative estimate of drug-likeness (QED) is 0.824. The molecule has 18 heavy (non-hydrogen) atoms. The van der Waals surface area contributed by atoms with Crippen LogP contribution in [-0.4, -0.2) is 37.0 Å². The van der Waals surface area contributed by atoms with Gasteiger partial charge >= 0.3 is 0 Å². The van der Waals surface area contributed by atoms with E-state index >= 15 is 0 Å². The number of rotatable bonds is 2. The number of carbonyl (C=O) groups is 1. The number of benzene rings is 1. The van der Waals surface area contributed by atoms with Crippen molar-refractivity contribution in [2.75, 3.05) is 20.1 Å². The van der Waals surface area contributed by atoms with E-state index in [9.17, 15) is 4.79 Å². The number of hydrogen-bond acceptors (Lipinski definition) is 2. The van der Waals surface area contributed by atoms with Crippen molar-refractivity contribution in [2.24, 2.45) is 0 Å². The monoisotopic (exact) mass is 358 g/mol. The third kappa shape index (κ3) is 2.85. The first kappa shape index (κ1) is 13.8. The van der Waals surface area contributed by atoms with Gasteiger partial charge in [0.1, 0.15) is 0 Å². The second-order valence-corrected chi connectivity index (χ2v) is 5.97. The van der Waals surface area contributed by atoms with E-state index < -0.39 is 0 Å². The van der Waals surface area contributed by atoms with E-state index in [0.717, 1.165) is 40.6 Å². The van der Waals surface area contributed by atoms with E-state index in [4.69, 9.17) is 0 Å². The number of piperidine rings is 1. The summed E-state index contributed by atoms with van der Waals surface area (Å²) in [6.07, 6.45) is 2.09. The first-order valence-corrected chi connectivity index (χ1v) is 7.42. The standard InChI is InChI=1S/C14H19IN2O/c1-10-12(4-3-5-13(10)15)14(18)17(2)11-6-8-16-9-7-11/h3-5,11,16H,6-9H2,1-2H3. The van der Waals surface area contributed by atoms with Crippen molar-refractivity contribution in [3.8, 4) is 0 Å². The molecule has 1 amide bonds. The largest absolute Gasteiger partial charge is 0.339 e. The highest BCUT2D eigenvalue weighted by molar-refractivity contribution is 14.1. The van der Waals surface area contributed by atoms with Gasteiger partial charge in [0.05, 0.1) is 0 Å². The van der Waals surface area contributed by atoms with Gasteiger partial charge in [0.25, 0.3) is 5.91 Å². The molecule has 2 rings (SSSR count). The van der Waals surface area contributed by atoms with Crippen LogP contribution in [0.15, 0.2) is 18.2 Å². The maximum Gasteiger partial charge on any atom is 0.254 e. The lowest BCUT2D eigenvalue weighted by molar-refractivity contribution is 0.0702. The number of halogens is 1. The van der Waals surface area contributed by atoms with Gasteiger partial charge in [0, 0.05) is 22.2 Å². The lowest BCUT2D eigenvalue weighted by Gasteiger charge is -2.32. The summed E-state index contributed by atoms with van der Waals surface area (Å²) in [7, 11) is 1.93. The SMILES string of the molecule is Cc1c(I)cccc1C(=O)N(C)C1CCNCC1. The van der Waals surface area contributed by atoms with Crippen molar-refractivity contribution in [1.82, 2.24) is 10.2 Å². The van der Waals surface area contributed by atoms with Gasteiger partial charge in [-0.1, -0.05) is 6.07 Å². The molecule has 0 spiro atoms. The molecule has 1 aromatic carbocycles. The fourth-order valence-corrected chi connectivity index (χ4v) is 2.89. The maximum atomic E-state index is 12.5. The number of amides is 1. The second-order valence-electron chi connectivity index (χ2n) is 4.81. The van der Waals surface area contributed by atoms with E-state index in [1.807, 2.05) is 37.1 Å². The highest BCUT2D eigenvalue weighted by Gasteiger charge is 2.23. The van der Waals surface area contributed by atoms with Gasteiger partial charge in [-0.3, -0.25) is 4.79 Å². The van der Waals surface area contributed by atoms with Crippen molar-refractivity contribution < 1.29 is 4.79 Å². The molecule has 1 aliphatic heterocycles. The van der Waals surface area contributed by atoms with Gasteiger partial charge in [-0.15, -0.1) is 0 Å². The fourth-order valence-electron chi connectivity index (χ4n) is 2.39. The summed E-state index contributed by atoms with van der Waals surface area (Å²) in [6, 6.07) is 6.29. The number of nitrogens with zero attached hydrogens (tertiary/aromatic N) is 1. The highest BCUT2D eigenvalue weighted by Crippen LogP contribution is 2.19. The third-order valence-electron chi connectivity index (χ3n) is 3.67. The fraction of sp³-hybridized carbons (Fsp3) is 0.500.